The predicted molar refractivity (Wildman–Crippen MR) is 73.3 cm³/mol. The standard InChI is InChI=1S/C15H14ClFN.Y/c1-4-18-11(3)10(2)5-8-15(18)13-7-6-12(16)9-14(13)17;/h5-7,9H,3-4H2,1-2H3;/q-1;. The van der Waals surface area contributed by atoms with E-state index >= 15 is 0 Å². The van der Waals surface area contributed by atoms with Crippen LogP contribution in [0.25, 0.3) is 5.70 Å². The van der Waals surface area contributed by atoms with E-state index in [1.807, 2.05) is 24.8 Å². The topological polar surface area (TPSA) is 3.24 Å². The van der Waals surface area contributed by atoms with Gasteiger partial charge in [-0.1, -0.05) is 42.4 Å². The van der Waals surface area contributed by atoms with E-state index in [0.29, 0.717) is 22.8 Å². The monoisotopic (exact) mass is 351 g/mol. The molecule has 0 saturated carbocycles. The Bertz CT molecular complexity index is 563. The van der Waals surface area contributed by atoms with Gasteiger partial charge in [0, 0.05) is 44.3 Å². The Morgan fingerprint density at radius 3 is 2.68 bits per heavy atom. The van der Waals surface area contributed by atoms with Crippen LogP contribution in [0.5, 0.6) is 0 Å². The van der Waals surface area contributed by atoms with E-state index in [9.17, 15) is 4.39 Å². The molecule has 97 valence electrons. The van der Waals surface area contributed by atoms with Gasteiger partial charge in [0.1, 0.15) is 0 Å². The summed E-state index contributed by atoms with van der Waals surface area (Å²) < 4.78 is 13.9. The first-order valence-electron chi connectivity index (χ1n) is 5.77. The number of hydrogen-bond acceptors (Lipinski definition) is 1. The van der Waals surface area contributed by atoms with Crippen LogP contribution in [0, 0.1) is 11.9 Å². The number of halogens is 2. The van der Waals surface area contributed by atoms with E-state index in [2.05, 4.69) is 12.7 Å². The molecule has 0 fully saturated rings. The molecule has 0 bridgehead atoms. The molecule has 1 aliphatic heterocycles. The maximum absolute atomic E-state index is 13.9. The van der Waals surface area contributed by atoms with Crippen LogP contribution in [-0.4, -0.2) is 11.4 Å². The van der Waals surface area contributed by atoms with Gasteiger partial charge in [-0.25, -0.2) is 4.39 Å². The molecule has 0 atom stereocenters. The normalized spacial score (nSPS) is 14.7. The predicted octanol–water partition coefficient (Wildman–Crippen LogP) is 4.42. The summed E-state index contributed by atoms with van der Waals surface area (Å²) >= 11 is 5.77. The van der Waals surface area contributed by atoms with Gasteiger partial charge in [-0.15, -0.1) is 11.6 Å². The van der Waals surface area contributed by atoms with Gasteiger partial charge in [-0.05, 0) is 18.7 Å². The first-order valence-corrected chi connectivity index (χ1v) is 6.15. The fourth-order valence-electron chi connectivity index (χ4n) is 1.94. The fraction of sp³-hybridized carbons (Fsp3) is 0.200. The number of likely N-dealkylation sites (N-methyl/N-ethyl adjacent to an activating group) is 1. The van der Waals surface area contributed by atoms with Gasteiger partial charge in [-0.2, -0.15) is 12.2 Å². The zero-order chi connectivity index (χ0) is 13.3. The maximum Gasteiger partial charge on any atom is 0.0796 e. The van der Waals surface area contributed by atoms with Crippen LogP contribution >= 0.6 is 11.6 Å². The van der Waals surface area contributed by atoms with E-state index in [1.165, 1.54) is 6.07 Å². The third-order valence-electron chi connectivity index (χ3n) is 2.98. The molecule has 1 aromatic rings. The molecule has 0 aliphatic carbocycles. The molecule has 0 saturated heterocycles. The minimum Gasteiger partial charge on any atom is -0.376 e. The second-order valence-corrected chi connectivity index (χ2v) is 4.57. The van der Waals surface area contributed by atoms with Gasteiger partial charge in [0.05, 0.1) is 5.82 Å². The minimum absolute atomic E-state index is 0. The van der Waals surface area contributed by atoms with Gasteiger partial charge in [0.2, 0.25) is 0 Å². The van der Waals surface area contributed by atoms with Gasteiger partial charge >= 0.3 is 0 Å². The zero-order valence-corrected chi connectivity index (χ0v) is 14.6. The number of allylic oxidation sites excluding steroid dienone is 3. The molecule has 19 heavy (non-hydrogen) atoms. The van der Waals surface area contributed by atoms with Crippen LogP contribution in [0.15, 0.2) is 42.1 Å². The van der Waals surface area contributed by atoms with Crippen LogP contribution in [-0.2, 0) is 32.7 Å². The Morgan fingerprint density at radius 2 is 2.11 bits per heavy atom. The van der Waals surface area contributed by atoms with Gasteiger partial charge in [0.25, 0.3) is 0 Å². The summed E-state index contributed by atoms with van der Waals surface area (Å²) in [5.74, 6) is -0.343. The molecule has 4 heteroatoms. The Hall–Kier alpha value is -0.436. The second-order valence-electron chi connectivity index (χ2n) is 4.14. The average Bonchev–Trinajstić information content (AvgIpc) is 2.33. The molecule has 0 unspecified atom stereocenters. The van der Waals surface area contributed by atoms with Crippen molar-refractivity contribution in [1.82, 2.24) is 4.90 Å². The molecular formula is C15H14ClFNY-. The molecule has 0 aromatic heterocycles. The Kier molecular flexibility index (Phi) is 5.97. The summed E-state index contributed by atoms with van der Waals surface area (Å²) in [5.41, 5.74) is 3.10. The van der Waals surface area contributed by atoms with Crippen molar-refractivity contribution in [3.05, 3.63) is 64.6 Å². The summed E-state index contributed by atoms with van der Waals surface area (Å²) in [7, 11) is 0. The number of benzene rings is 1. The van der Waals surface area contributed by atoms with Gasteiger partial charge < -0.3 is 4.90 Å². The van der Waals surface area contributed by atoms with Crippen molar-refractivity contribution in [1.29, 1.82) is 0 Å². The molecule has 1 radical (unpaired) electrons. The van der Waals surface area contributed by atoms with E-state index in [1.54, 1.807) is 12.1 Å². The number of nitrogens with zero attached hydrogens (tertiary/aromatic N) is 1. The van der Waals surface area contributed by atoms with E-state index in [-0.39, 0.29) is 38.5 Å². The van der Waals surface area contributed by atoms with Crippen molar-refractivity contribution in [2.24, 2.45) is 0 Å². The molecule has 0 amide bonds. The van der Waals surface area contributed by atoms with Crippen LogP contribution in [0.3, 0.4) is 0 Å². The van der Waals surface area contributed by atoms with Crippen molar-refractivity contribution in [2.45, 2.75) is 13.8 Å². The smallest absolute Gasteiger partial charge is 0.0796 e. The zero-order valence-electron chi connectivity index (χ0n) is 11.0. The molecule has 1 heterocycles. The van der Waals surface area contributed by atoms with Crippen molar-refractivity contribution in [2.75, 3.05) is 6.54 Å². The van der Waals surface area contributed by atoms with Crippen LogP contribution in [0.4, 0.5) is 4.39 Å². The average molecular weight is 352 g/mol. The van der Waals surface area contributed by atoms with Crippen LogP contribution < -0.4 is 0 Å². The van der Waals surface area contributed by atoms with E-state index < -0.39 is 0 Å². The van der Waals surface area contributed by atoms with Crippen molar-refractivity contribution in [3.63, 3.8) is 0 Å². The molecule has 2 rings (SSSR count). The van der Waals surface area contributed by atoms with E-state index in [4.69, 9.17) is 11.6 Å². The fourth-order valence-corrected chi connectivity index (χ4v) is 2.10. The molecule has 1 aromatic carbocycles. The Labute approximate surface area is 143 Å². The first-order chi connectivity index (χ1) is 8.54. The van der Waals surface area contributed by atoms with Crippen molar-refractivity contribution < 1.29 is 37.1 Å². The number of rotatable bonds is 2. The molecular weight excluding hydrogens is 338 g/mol. The summed E-state index contributed by atoms with van der Waals surface area (Å²) in [5, 5.41) is 0.390. The quantitative estimate of drug-likeness (QED) is 0.713. The third-order valence-corrected chi connectivity index (χ3v) is 3.21. The minimum atomic E-state index is -0.343. The number of hydrogen-bond donors (Lipinski definition) is 0. The molecule has 0 spiro atoms. The Morgan fingerprint density at radius 1 is 1.42 bits per heavy atom. The van der Waals surface area contributed by atoms with E-state index in [0.717, 1.165) is 11.3 Å². The SMILES string of the molecule is C=C1C(C)=C[C-]=C(c2ccc(Cl)cc2F)N1CC.[Y]. The molecule has 1 aliphatic rings. The summed E-state index contributed by atoms with van der Waals surface area (Å²) in [4.78, 5) is 1.95. The van der Waals surface area contributed by atoms with Gasteiger partial charge in [0.15, 0.2) is 0 Å². The Balaban J connectivity index is 0.00000180. The first kappa shape index (κ1) is 16.6. The van der Waals surface area contributed by atoms with Crippen LogP contribution in [0.1, 0.15) is 19.4 Å². The third kappa shape index (κ3) is 3.36. The largest absolute Gasteiger partial charge is 0.376 e. The second kappa shape index (κ2) is 6.83. The summed E-state index contributed by atoms with van der Waals surface area (Å²) in [6.07, 6.45) is 4.94. The van der Waals surface area contributed by atoms with Gasteiger partial charge in [-0.3, -0.25) is 0 Å². The summed E-state index contributed by atoms with van der Waals surface area (Å²) in [6, 6.07) is 4.66. The van der Waals surface area contributed by atoms with Crippen molar-refractivity contribution >= 4 is 17.3 Å². The summed E-state index contributed by atoms with van der Waals surface area (Å²) in [6.45, 7) is 8.70. The molecule has 0 N–H and O–H groups in total. The van der Waals surface area contributed by atoms with Crippen LogP contribution in [0.2, 0.25) is 5.02 Å². The maximum atomic E-state index is 13.9. The molecule has 1 nitrogen and oxygen atoms in total. The van der Waals surface area contributed by atoms with Crippen molar-refractivity contribution in [3.8, 4) is 0 Å².